The molecule has 2 aromatic rings. The van der Waals surface area contributed by atoms with Crippen LogP contribution in [0.2, 0.25) is 0 Å². The quantitative estimate of drug-likeness (QED) is 0.440. The number of nitrogen functional groups attached to an aromatic ring is 1. The van der Waals surface area contributed by atoms with Gasteiger partial charge in [-0.2, -0.15) is 4.98 Å². The van der Waals surface area contributed by atoms with Gasteiger partial charge in [-0.25, -0.2) is 4.98 Å². The van der Waals surface area contributed by atoms with Crippen molar-refractivity contribution < 1.29 is 58.3 Å². The van der Waals surface area contributed by atoms with E-state index < -0.39 is 18.3 Å². The number of nitrogens with zero attached hydrogens (tertiary/aromatic N) is 3. The second kappa shape index (κ2) is 6.91. The molecule has 10 heteroatoms. The molecule has 3 heterocycles. The van der Waals surface area contributed by atoms with Crippen LogP contribution in [0, 0.1) is 51.0 Å². The first-order valence-electron chi connectivity index (χ1n) is 6.25. The van der Waals surface area contributed by atoms with Crippen molar-refractivity contribution in [2.24, 2.45) is 0 Å². The van der Waals surface area contributed by atoms with Crippen LogP contribution in [-0.2, 0) is 14.3 Å². The number of anilines is 1. The Labute approximate surface area is 165 Å². The fourth-order valence-electron chi connectivity index (χ4n) is 2.34. The molecule has 0 unspecified atom stereocenters. The topological polar surface area (TPSA) is 109 Å². The van der Waals surface area contributed by atoms with E-state index in [-0.39, 0.29) is 61.0 Å². The number of esters is 1. The summed E-state index contributed by atoms with van der Waals surface area (Å²) >= 11 is 0.982. The van der Waals surface area contributed by atoms with Crippen molar-refractivity contribution in [3.63, 3.8) is 0 Å². The summed E-state index contributed by atoms with van der Waals surface area (Å²) in [6.45, 7) is 5.11. The Morgan fingerprint density at radius 2 is 2.36 bits per heavy atom. The number of carbonyl (C=O) groups excluding carboxylic acids is 1. The molecule has 0 aliphatic carbocycles. The fraction of sp³-hybridized carbons (Fsp3) is 0.417. The molecule has 0 spiro atoms. The molecule has 0 amide bonds. The number of hydrogen-bond donors (Lipinski definition) is 1. The molecule has 3 rings (SSSR count). The number of ether oxygens (including phenoxy) is 2. The number of thiazole rings is 1. The smallest absolute Gasteiger partial charge is 0.311 e. The van der Waals surface area contributed by atoms with E-state index in [1.54, 1.807) is 0 Å². The van der Waals surface area contributed by atoms with E-state index >= 15 is 0 Å². The summed E-state index contributed by atoms with van der Waals surface area (Å²) in [6.07, 6.45) is 0.177. The van der Waals surface area contributed by atoms with Crippen molar-refractivity contribution in [3.8, 4) is 0 Å². The summed E-state index contributed by atoms with van der Waals surface area (Å²) in [6, 6.07) is 0. The maximum absolute atomic E-state index is 12.2. The van der Waals surface area contributed by atoms with E-state index in [1.807, 2.05) is 0 Å². The van der Waals surface area contributed by atoms with Crippen LogP contribution in [0.25, 0.3) is 10.3 Å². The number of rotatable bonds is 2. The molecule has 3 atom stereocenters. The van der Waals surface area contributed by atoms with Gasteiger partial charge >= 0.3 is 10.8 Å². The molecular weight excluding hydrogens is 523 g/mol. The minimum Gasteiger partial charge on any atom is -0.458 e. The van der Waals surface area contributed by atoms with Gasteiger partial charge in [0.05, 0.1) is 10.9 Å². The third kappa shape index (κ3) is 3.35. The van der Waals surface area contributed by atoms with Crippen molar-refractivity contribution in [2.75, 3.05) is 5.73 Å². The van der Waals surface area contributed by atoms with Crippen LogP contribution >= 0.6 is 11.3 Å². The summed E-state index contributed by atoms with van der Waals surface area (Å²) in [5.41, 5.74) is 5.94. The monoisotopic (exact) mass is 536 g/mol. The molecule has 0 saturated carbocycles. The number of fused-ring (bicyclic) bond motifs is 1. The summed E-state index contributed by atoms with van der Waals surface area (Å²) in [7, 11) is 0. The van der Waals surface area contributed by atoms with Crippen LogP contribution in [-0.4, -0.2) is 32.7 Å². The average Bonchev–Trinajstić information content (AvgIpc) is 2.87. The summed E-state index contributed by atoms with van der Waals surface area (Å²) in [5.74, 6) is -0.383. The molecule has 22 heavy (non-hydrogen) atoms. The maximum atomic E-state index is 12.2. The SMILES string of the molecule is [Ac].[CH2-][C@@H]1C[C@@H](OC(C)=O)[C@H](n2c(=O)sc3cnc(N)nc32)O1. The third-order valence-electron chi connectivity index (χ3n) is 3.09. The summed E-state index contributed by atoms with van der Waals surface area (Å²) < 4.78 is 12.8. The van der Waals surface area contributed by atoms with Crippen molar-refractivity contribution >= 4 is 33.6 Å². The van der Waals surface area contributed by atoms with Crippen molar-refractivity contribution in [1.82, 2.24) is 14.5 Å². The van der Waals surface area contributed by atoms with Crippen molar-refractivity contribution in [1.29, 1.82) is 0 Å². The Morgan fingerprint density at radius 1 is 1.64 bits per heavy atom. The van der Waals surface area contributed by atoms with Gasteiger partial charge < -0.3 is 22.1 Å². The summed E-state index contributed by atoms with van der Waals surface area (Å²) in [4.78, 5) is 31.1. The molecule has 1 aliphatic rings. The maximum Gasteiger partial charge on any atom is 0.311 e. The molecule has 2 N–H and O–H groups in total. The second-order valence-electron chi connectivity index (χ2n) is 4.69. The van der Waals surface area contributed by atoms with E-state index in [9.17, 15) is 9.59 Å². The van der Waals surface area contributed by atoms with Crippen LogP contribution in [0.15, 0.2) is 11.0 Å². The van der Waals surface area contributed by atoms with Crippen LogP contribution in [0.4, 0.5) is 5.95 Å². The first-order chi connectivity index (χ1) is 9.95. The zero-order chi connectivity index (χ0) is 15.1. The van der Waals surface area contributed by atoms with Gasteiger partial charge in [-0.15, -0.1) is 0 Å². The molecule has 1 radical (unpaired) electrons. The predicted octanol–water partition coefficient (Wildman–Crippen LogP) is 0.488. The molecule has 1 aliphatic heterocycles. The van der Waals surface area contributed by atoms with E-state index in [0.717, 1.165) is 11.3 Å². The van der Waals surface area contributed by atoms with Crippen LogP contribution < -0.4 is 10.6 Å². The Balaban J connectivity index is 0.00000176. The van der Waals surface area contributed by atoms with Crippen molar-refractivity contribution in [2.45, 2.75) is 31.8 Å². The van der Waals surface area contributed by atoms with Gasteiger partial charge in [-0.1, -0.05) is 17.4 Å². The average molecular weight is 536 g/mol. The van der Waals surface area contributed by atoms with Gasteiger partial charge in [0.2, 0.25) is 5.95 Å². The first kappa shape index (κ1) is 17.8. The molecule has 1 fully saturated rings. The van der Waals surface area contributed by atoms with E-state index in [1.165, 1.54) is 17.7 Å². The molecular formula is C12H13AcN4O4S-. The molecule has 0 bridgehead atoms. The Bertz CT molecular complexity index is 761. The van der Waals surface area contributed by atoms with Gasteiger partial charge in [0, 0.05) is 51.0 Å². The normalized spacial score (nSPS) is 24.2. The molecule has 2 aromatic heterocycles. The Kier molecular flexibility index (Phi) is 5.59. The number of nitrogens with two attached hydrogens (primary N) is 1. The predicted molar refractivity (Wildman–Crippen MR) is 75.5 cm³/mol. The van der Waals surface area contributed by atoms with E-state index in [4.69, 9.17) is 15.2 Å². The Morgan fingerprint density at radius 3 is 3.05 bits per heavy atom. The van der Waals surface area contributed by atoms with Crippen LogP contribution in [0.3, 0.4) is 0 Å². The number of aromatic nitrogens is 3. The standard InChI is InChI=1S/C12H13N4O4S.Ac/c1-5-3-7(20-6(2)17)10(19-5)16-9-8(21-12(16)18)4-14-11(13)15-9;/h4-5,7,10H,1,3H2,2H3,(H2,13,14,15);/q-1;/t5-,7-,10-;/m1./s1. The largest absolute Gasteiger partial charge is 0.458 e. The van der Waals surface area contributed by atoms with E-state index in [0.29, 0.717) is 16.8 Å². The molecule has 0 aromatic carbocycles. The third-order valence-corrected chi connectivity index (χ3v) is 3.97. The van der Waals surface area contributed by atoms with Gasteiger partial charge in [0.15, 0.2) is 11.9 Å². The summed E-state index contributed by atoms with van der Waals surface area (Å²) in [5, 5.41) is 0. The van der Waals surface area contributed by atoms with Gasteiger partial charge in [-0.05, 0) is 6.42 Å². The van der Waals surface area contributed by atoms with Gasteiger partial charge in [0.1, 0.15) is 6.10 Å². The van der Waals surface area contributed by atoms with Crippen LogP contribution in [0.1, 0.15) is 19.6 Å². The number of carbonyl (C=O) groups is 1. The minimum atomic E-state index is -0.757. The minimum absolute atomic E-state index is 0. The van der Waals surface area contributed by atoms with Gasteiger partial charge in [-0.3, -0.25) is 14.2 Å². The molecule has 1 saturated heterocycles. The van der Waals surface area contributed by atoms with Gasteiger partial charge in [0.25, 0.3) is 0 Å². The second-order valence-corrected chi connectivity index (χ2v) is 5.68. The van der Waals surface area contributed by atoms with Crippen molar-refractivity contribution in [3.05, 3.63) is 22.8 Å². The molecule has 115 valence electrons. The van der Waals surface area contributed by atoms with Crippen LogP contribution in [0.5, 0.6) is 0 Å². The Hall–Kier alpha value is -0.558. The zero-order valence-corrected chi connectivity index (χ0v) is 17.3. The fourth-order valence-corrected chi connectivity index (χ4v) is 3.15. The molecule has 8 nitrogen and oxygen atoms in total. The number of hydrogen-bond acceptors (Lipinski definition) is 8. The first-order valence-corrected chi connectivity index (χ1v) is 7.06. The zero-order valence-electron chi connectivity index (χ0n) is 11.8. The van der Waals surface area contributed by atoms with E-state index in [2.05, 4.69) is 16.9 Å².